The molecule has 3 aromatic carbocycles. The molecule has 7 nitrogen and oxygen atoms in total. The highest BCUT2D eigenvalue weighted by molar-refractivity contribution is 7.85. The lowest BCUT2D eigenvalue weighted by Gasteiger charge is -2.38. The van der Waals surface area contributed by atoms with E-state index in [-0.39, 0.29) is 4.90 Å². The van der Waals surface area contributed by atoms with E-state index in [9.17, 15) is 13.5 Å². The summed E-state index contributed by atoms with van der Waals surface area (Å²) in [7, 11) is -4.02. The molecule has 3 heterocycles. The molecule has 0 spiro atoms. The number of hydrogen-bond acceptors (Lipinski definition) is 6. The number of benzene rings is 3. The van der Waals surface area contributed by atoms with Gasteiger partial charge in [-0.3, -0.25) is 9.45 Å². The number of aromatic nitrogens is 1. The number of aryl methyl sites for hydroxylation is 3. The Morgan fingerprint density at radius 2 is 1.81 bits per heavy atom. The number of thiophene rings is 1. The van der Waals surface area contributed by atoms with Gasteiger partial charge >= 0.3 is 0 Å². The minimum absolute atomic E-state index is 0.0666. The predicted octanol–water partition coefficient (Wildman–Crippen LogP) is 7.25. The SMILES string of the molecule is Cc1cc2c(OC[C@@H](O)CN3CCC(c4ccc5scc(C)c5c4)CC3C)cccc2[nH]1.Cc1ccc(S(=O)(=O)O)cc1. The van der Waals surface area contributed by atoms with Crippen molar-refractivity contribution in [2.24, 2.45) is 0 Å². The van der Waals surface area contributed by atoms with Crippen LogP contribution in [0.25, 0.3) is 21.0 Å². The average Bonchev–Trinajstić information content (AvgIpc) is 3.54. The number of hydrogen-bond donors (Lipinski definition) is 3. The van der Waals surface area contributed by atoms with E-state index in [1.54, 1.807) is 12.1 Å². The van der Waals surface area contributed by atoms with Gasteiger partial charge in [0.1, 0.15) is 18.5 Å². The van der Waals surface area contributed by atoms with E-state index in [2.05, 4.69) is 59.4 Å². The number of rotatable bonds is 7. The molecule has 3 atom stereocenters. The molecule has 0 aliphatic carbocycles. The van der Waals surface area contributed by atoms with Crippen LogP contribution in [0.5, 0.6) is 5.75 Å². The van der Waals surface area contributed by atoms with Crippen LogP contribution in [0.15, 0.2) is 77.0 Å². The zero-order valence-electron chi connectivity index (χ0n) is 25.1. The quantitative estimate of drug-likeness (QED) is 0.166. The molecule has 2 aromatic heterocycles. The van der Waals surface area contributed by atoms with E-state index < -0.39 is 16.2 Å². The van der Waals surface area contributed by atoms with Crippen molar-refractivity contribution in [1.82, 2.24) is 9.88 Å². The first kappa shape index (κ1) is 31.2. The largest absolute Gasteiger partial charge is 0.490 e. The van der Waals surface area contributed by atoms with Gasteiger partial charge in [-0.15, -0.1) is 11.3 Å². The van der Waals surface area contributed by atoms with Crippen molar-refractivity contribution in [2.75, 3.05) is 19.7 Å². The Kier molecular flexibility index (Phi) is 9.58. The molecule has 5 aromatic rings. The Morgan fingerprint density at radius 1 is 1.05 bits per heavy atom. The minimum Gasteiger partial charge on any atom is -0.490 e. The third-order valence-electron chi connectivity index (χ3n) is 8.23. The molecule has 1 saturated heterocycles. The molecular weight excluding hydrogens is 581 g/mol. The van der Waals surface area contributed by atoms with Crippen LogP contribution < -0.4 is 4.74 Å². The molecule has 0 saturated carbocycles. The summed E-state index contributed by atoms with van der Waals surface area (Å²) in [6.45, 7) is 10.3. The van der Waals surface area contributed by atoms with Crippen LogP contribution in [-0.4, -0.2) is 59.8 Å². The molecule has 43 heavy (non-hydrogen) atoms. The monoisotopic (exact) mass is 620 g/mol. The standard InChI is InChI=1S/C27H32N2O2S.C7H8O3S/c1-17-16-32-27-8-7-20(13-23(17)27)21-9-10-29(19(3)12-21)14-22(30)15-31-26-6-4-5-25-24(26)11-18(2)28-25;1-6-2-4-7(5-3-6)11(8,9)10/h4-8,11,13,16,19,21-22,28,30H,9-10,12,14-15H2,1-3H3;2-5H,1H3,(H,8,9,10)/t19?,21?,22-;/m0./s1. The second-order valence-corrected chi connectivity index (χ2v) is 14.0. The van der Waals surface area contributed by atoms with Gasteiger partial charge in [0.15, 0.2) is 0 Å². The second kappa shape index (κ2) is 13.2. The number of aromatic amines is 1. The first-order valence-corrected chi connectivity index (χ1v) is 16.9. The zero-order valence-corrected chi connectivity index (χ0v) is 26.7. The number of likely N-dealkylation sites (tertiary alicyclic amines) is 1. The fraction of sp³-hybridized carbons (Fsp3) is 0.353. The third-order valence-corrected chi connectivity index (χ3v) is 10.2. The molecule has 3 N–H and O–H groups in total. The lowest BCUT2D eigenvalue weighted by atomic mass is 9.85. The Balaban J connectivity index is 0.000000283. The van der Waals surface area contributed by atoms with Crippen molar-refractivity contribution in [3.05, 3.63) is 94.5 Å². The van der Waals surface area contributed by atoms with Crippen molar-refractivity contribution in [1.29, 1.82) is 0 Å². The molecular formula is C34H40N2O5S2. The van der Waals surface area contributed by atoms with Crippen LogP contribution in [-0.2, 0) is 10.1 Å². The molecule has 0 amide bonds. The Morgan fingerprint density at radius 3 is 2.53 bits per heavy atom. The summed E-state index contributed by atoms with van der Waals surface area (Å²) in [5.74, 6) is 1.42. The number of aliphatic hydroxyl groups is 1. The molecule has 6 rings (SSSR count). The van der Waals surface area contributed by atoms with Gasteiger partial charge in [0.25, 0.3) is 10.1 Å². The number of β-amino-alcohol motifs (C(OH)–C–C–N with tert-alkyl or cyclic N) is 1. The maximum absolute atomic E-state index is 10.7. The molecule has 0 radical (unpaired) electrons. The Hall–Kier alpha value is -3.21. The van der Waals surface area contributed by atoms with Crippen LogP contribution in [0.1, 0.15) is 48.1 Å². The summed E-state index contributed by atoms with van der Waals surface area (Å²) in [5, 5.41) is 15.4. The van der Waals surface area contributed by atoms with E-state index in [0.29, 0.717) is 25.1 Å². The average molecular weight is 621 g/mol. The lowest BCUT2D eigenvalue weighted by molar-refractivity contribution is 0.0406. The normalized spacial score (nSPS) is 18.4. The molecule has 228 valence electrons. The van der Waals surface area contributed by atoms with E-state index in [1.807, 2.05) is 37.3 Å². The number of nitrogens with zero attached hydrogens (tertiary/aromatic N) is 1. The van der Waals surface area contributed by atoms with E-state index in [0.717, 1.165) is 47.3 Å². The molecule has 1 aliphatic rings. The number of H-pyrrole nitrogens is 1. The first-order valence-electron chi connectivity index (χ1n) is 14.6. The molecule has 1 fully saturated rings. The van der Waals surface area contributed by atoms with Crippen molar-refractivity contribution < 1.29 is 22.8 Å². The number of nitrogens with one attached hydrogen (secondary N) is 1. The zero-order chi connectivity index (χ0) is 30.7. The molecule has 1 aliphatic heterocycles. The van der Waals surface area contributed by atoms with Crippen molar-refractivity contribution in [3.63, 3.8) is 0 Å². The first-order chi connectivity index (χ1) is 20.5. The molecule has 2 unspecified atom stereocenters. The smallest absolute Gasteiger partial charge is 0.294 e. The summed E-state index contributed by atoms with van der Waals surface area (Å²) in [5.41, 5.74) is 5.98. The van der Waals surface area contributed by atoms with Crippen molar-refractivity contribution in [3.8, 4) is 5.75 Å². The van der Waals surface area contributed by atoms with Crippen LogP contribution >= 0.6 is 11.3 Å². The van der Waals surface area contributed by atoms with Crippen LogP contribution in [0, 0.1) is 20.8 Å². The maximum Gasteiger partial charge on any atom is 0.294 e. The van der Waals surface area contributed by atoms with E-state index >= 15 is 0 Å². The summed E-state index contributed by atoms with van der Waals surface area (Å²) in [4.78, 5) is 5.69. The topological polar surface area (TPSA) is 103 Å². The lowest BCUT2D eigenvalue weighted by Crippen LogP contribution is -2.45. The van der Waals surface area contributed by atoms with Gasteiger partial charge < -0.3 is 14.8 Å². The fourth-order valence-corrected chi connectivity index (χ4v) is 7.24. The Labute approximate surface area is 257 Å². The number of aliphatic hydroxyl groups excluding tert-OH is 1. The van der Waals surface area contributed by atoms with Crippen LogP contribution in [0.4, 0.5) is 0 Å². The highest BCUT2D eigenvalue weighted by atomic mass is 32.2. The molecule has 9 heteroatoms. The Bertz CT molecular complexity index is 1790. The maximum atomic E-state index is 10.7. The summed E-state index contributed by atoms with van der Waals surface area (Å²) >= 11 is 1.83. The highest BCUT2D eigenvalue weighted by Crippen LogP contribution is 2.35. The second-order valence-electron chi connectivity index (χ2n) is 11.7. The number of fused-ring (bicyclic) bond motifs is 2. The summed E-state index contributed by atoms with van der Waals surface area (Å²) < 4.78 is 36.9. The fourth-order valence-electron chi connectivity index (χ4n) is 5.83. The summed E-state index contributed by atoms with van der Waals surface area (Å²) in [6.07, 6.45) is 1.76. The van der Waals surface area contributed by atoms with Crippen molar-refractivity contribution in [2.45, 2.75) is 63.5 Å². The number of piperidine rings is 1. The molecule has 0 bridgehead atoms. The van der Waals surface area contributed by atoms with Crippen LogP contribution in [0.3, 0.4) is 0 Å². The van der Waals surface area contributed by atoms with Crippen LogP contribution in [0.2, 0.25) is 0 Å². The van der Waals surface area contributed by atoms with Gasteiger partial charge in [-0.1, -0.05) is 29.8 Å². The van der Waals surface area contributed by atoms with Gasteiger partial charge in [-0.2, -0.15) is 8.42 Å². The van der Waals surface area contributed by atoms with Crippen molar-refractivity contribution >= 4 is 42.4 Å². The number of ether oxygens (including phenoxy) is 1. The summed E-state index contributed by atoms with van der Waals surface area (Å²) in [6, 6.07) is 21.5. The van der Waals surface area contributed by atoms with Gasteiger partial charge in [0, 0.05) is 33.9 Å². The third kappa shape index (κ3) is 7.66. The van der Waals surface area contributed by atoms with Gasteiger partial charge in [0.2, 0.25) is 0 Å². The van der Waals surface area contributed by atoms with E-state index in [1.165, 1.54) is 33.3 Å². The highest BCUT2D eigenvalue weighted by Gasteiger charge is 2.28. The van der Waals surface area contributed by atoms with Gasteiger partial charge in [-0.05, 0) is 117 Å². The minimum atomic E-state index is -4.02. The van der Waals surface area contributed by atoms with Gasteiger partial charge in [-0.25, -0.2) is 0 Å². The van der Waals surface area contributed by atoms with E-state index in [4.69, 9.17) is 9.29 Å². The predicted molar refractivity (Wildman–Crippen MR) is 175 cm³/mol. The van der Waals surface area contributed by atoms with Gasteiger partial charge in [0.05, 0.1) is 4.90 Å².